The second-order valence-electron chi connectivity index (χ2n) is 4.88. The lowest BCUT2D eigenvalue weighted by atomic mass is 10.3. The van der Waals surface area contributed by atoms with Gasteiger partial charge in [-0.3, -0.25) is 4.72 Å². The fourth-order valence-corrected chi connectivity index (χ4v) is 3.27. The van der Waals surface area contributed by atoms with Gasteiger partial charge in [0.15, 0.2) is 0 Å². The van der Waals surface area contributed by atoms with E-state index in [1.165, 1.54) is 30.3 Å². The first-order valence-electron chi connectivity index (χ1n) is 7.05. The normalized spacial score (nSPS) is 10.8. The first-order chi connectivity index (χ1) is 11.8. The van der Waals surface area contributed by atoms with E-state index in [0.29, 0.717) is 17.9 Å². The fraction of sp³-hybridized carbons (Fsp3) is 0.0625. The van der Waals surface area contributed by atoms with Crippen molar-refractivity contribution in [2.45, 2.75) is 4.90 Å². The van der Waals surface area contributed by atoms with Crippen molar-refractivity contribution in [3.8, 4) is 0 Å². The number of carbonyl (C=O) groups excluding carboxylic acids is 1. The number of urea groups is 1. The number of rotatable bonds is 6. The van der Waals surface area contributed by atoms with E-state index in [2.05, 4.69) is 21.9 Å². The summed E-state index contributed by atoms with van der Waals surface area (Å²) in [6, 6.07) is 9.84. The van der Waals surface area contributed by atoms with Crippen molar-refractivity contribution in [3.63, 3.8) is 0 Å². The van der Waals surface area contributed by atoms with Crippen LogP contribution in [0.4, 0.5) is 16.2 Å². The van der Waals surface area contributed by atoms with Crippen LogP contribution in [0.1, 0.15) is 0 Å². The van der Waals surface area contributed by atoms with Gasteiger partial charge in [0.2, 0.25) is 0 Å². The van der Waals surface area contributed by atoms with E-state index in [4.69, 9.17) is 23.2 Å². The zero-order valence-corrected chi connectivity index (χ0v) is 15.3. The predicted octanol–water partition coefficient (Wildman–Crippen LogP) is 4.10. The molecule has 2 aromatic rings. The molecule has 0 aromatic heterocycles. The fourth-order valence-electron chi connectivity index (χ4n) is 1.82. The molecule has 2 rings (SSSR count). The molecule has 0 aliphatic heterocycles. The Balaban J connectivity index is 2.08. The van der Waals surface area contributed by atoms with Gasteiger partial charge in [0, 0.05) is 17.9 Å². The molecule has 2 amide bonds. The second kappa shape index (κ2) is 8.24. The van der Waals surface area contributed by atoms with Gasteiger partial charge in [-0.05, 0) is 42.5 Å². The van der Waals surface area contributed by atoms with Crippen molar-refractivity contribution >= 4 is 50.6 Å². The van der Waals surface area contributed by atoms with Gasteiger partial charge in [-0.2, -0.15) is 0 Å². The molecule has 0 spiro atoms. The lowest BCUT2D eigenvalue weighted by molar-refractivity contribution is 0.253. The zero-order chi connectivity index (χ0) is 18.4. The molecule has 3 N–H and O–H groups in total. The van der Waals surface area contributed by atoms with Gasteiger partial charge in [-0.25, -0.2) is 13.2 Å². The minimum atomic E-state index is -3.80. The molecule has 0 radical (unpaired) electrons. The first kappa shape index (κ1) is 19.1. The van der Waals surface area contributed by atoms with Crippen molar-refractivity contribution in [2.75, 3.05) is 16.6 Å². The Hall–Kier alpha value is -2.22. The number of anilines is 2. The van der Waals surface area contributed by atoms with E-state index in [9.17, 15) is 13.2 Å². The van der Waals surface area contributed by atoms with E-state index < -0.39 is 10.0 Å². The quantitative estimate of drug-likeness (QED) is 0.638. The molecule has 0 bridgehead atoms. The van der Waals surface area contributed by atoms with Crippen LogP contribution in [0.3, 0.4) is 0 Å². The van der Waals surface area contributed by atoms with Crippen LogP contribution in [-0.4, -0.2) is 21.0 Å². The number of hydrogen-bond donors (Lipinski definition) is 3. The Morgan fingerprint density at radius 1 is 1.04 bits per heavy atom. The highest BCUT2D eigenvalue weighted by molar-refractivity contribution is 7.92. The standard InChI is InChI=1S/C16H15Cl2N3O3S/c1-2-9-19-16(22)20-11-3-5-12(6-4-11)21-25(23,24)13-7-8-14(17)15(18)10-13/h2-8,10,21H,1,9H2,(H2,19,20,22). The molecule has 6 nitrogen and oxygen atoms in total. The van der Waals surface area contributed by atoms with Crippen molar-refractivity contribution in [3.05, 3.63) is 65.2 Å². The zero-order valence-electron chi connectivity index (χ0n) is 12.9. The molecule has 0 fully saturated rings. The van der Waals surface area contributed by atoms with Gasteiger partial charge in [0.05, 0.1) is 14.9 Å². The molecule has 25 heavy (non-hydrogen) atoms. The van der Waals surface area contributed by atoms with Gasteiger partial charge in [0.1, 0.15) is 0 Å². The summed E-state index contributed by atoms with van der Waals surface area (Å²) in [5.74, 6) is 0. The Morgan fingerprint density at radius 2 is 1.68 bits per heavy atom. The smallest absolute Gasteiger partial charge is 0.319 e. The van der Waals surface area contributed by atoms with Crippen LogP contribution in [-0.2, 0) is 10.0 Å². The lowest BCUT2D eigenvalue weighted by Crippen LogP contribution is -2.28. The van der Waals surface area contributed by atoms with Crippen LogP contribution < -0.4 is 15.4 Å². The second-order valence-corrected chi connectivity index (χ2v) is 7.38. The van der Waals surface area contributed by atoms with Gasteiger partial charge in [-0.15, -0.1) is 6.58 Å². The van der Waals surface area contributed by atoms with Crippen LogP contribution in [0, 0.1) is 0 Å². The molecule has 0 saturated carbocycles. The summed E-state index contributed by atoms with van der Waals surface area (Å²) < 4.78 is 27.1. The molecule has 0 saturated heterocycles. The summed E-state index contributed by atoms with van der Waals surface area (Å²) in [5, 5.41) is 5.58. The molecule has 0 unspecified atom stereocenters. The maximum atomic E-state index is 12.3. The third-order valence-electron chi connectivity index (χ3n) is 3.00. The minimum Gasteiger partial charge on any atom is -0.334 e. The maximum Gasteiger partial charge on any atom is 0.319 e. The number of halogens is 2. The summed E-state index contributed by atoms with van der Waals surface area (Å²) in [6.45, 7) is 3.84. The molecule has 9 heteroatoms. The van der Waals surface area contributed by atoms with Gasteiger partial charge < -0.3 is 10.6 Å². The molecule has 0 aliphatic rings. The molecule has 0 aliphatic carbocycles. The summed E-state index contributed by atoms with van der Waals surface area (Å²) in [5.41, 5.74) is 0.849. The number of benzene rings is 2. The van der Waals surface area contributed by atoms with Crippen molar-refractivity contribution in [2.24, 2.45) is 0 Å². The maximum absolute atomic E-state index is 12.3. The van der Waals surface area contributed by atoms with E-state index in [1.54, 1.807) is 18.2 Å². The van der Waals surface area contributed by atoms with Gasteiger partial charge in [-0.1, -0.05) is 29.3 Å². The van der Waals surface area contributed by atoms with Crippen LogP contribution in [0.25, 0.3) is 0 Å². The minimum absolute atomic E-state index is 0.00657. The van der Waals surface area contributed by atoms with Crippen molar-refractivity contribution in [1.29, 1.82) is 0 Å². The number of amides is 2. The third kappa shape index (κ3) is 5.38. The van der Waals surface area contributed by atoms with Crippen LogP contribution in [0.2, 0.25) is 10.0 Å². The summed E-state index contributed by atoms with van der Waals surface area (Å²) in [6.07, 6.45) is 1.56. The topological polar surface area (TPSA) is 87.3 Å². The highest BCUT2D eigenvalue weighted by atomic mass is 35.5. The Morgan fingerprint density at radius 3 is 2.28 bits per heavy atom. The highest BCUT2D eigenvalue weighted by Gasteiger charge is 2.15. The van der Waals surface area contributed by atoms with E-state index in [1.807, 2.05) is 0 Å². The summed E-state index contributed by atoms with van der Waals surface area (Å²) >= 11 is 11.6. The SMILES string of the molecule is C=CCNC(=O)Nc1ccc(NS(=O)(=O)c2ccc(Cl)c(Cl)c2)cc1. The van der Waals surface area contributed by atoms with E-state index in [0.717, 1.165) is 0 Å². The largest absolute Gasteiger partial charge is 0.334 e. The van der Waals surface area contributed by atoms with Crippen LogP contribution in [0.15, 0.2) is 60.0 Å². The number of nitrogens with one attached hydrogen (secondary N) is 3. The molecule has 132 valence electrons. The Bertz CT molecular complexity index is 884. The van der Waals surface area contributed by atoms with Gasteiger partial charge in [0.25, 0.3) is 10.0 Å². The number of hydrogen-bond acceptors (Lipinski definition) is 3. The average molecular weight is 400 g/mol. The Labute approximate surface area is 155 Å². The summed E-state index contributed by atoms with van der Waals surface area (Å²) in [7, 11) is -3.80. The molecular formula is C16H15Cl2N3O3S. The molecule has 0 atom stereocenters. The first-order valence-corrected chi connectivity index (χ1v) is 9.29. The number of sulfonamides is 1. The highest BCUT2D eigenvalue weighted by Crippen LogP contribution is 2.26. The van der Waals surface area contributed by atoms with Crippen molar-refractivity contribution in [1.82, 2.24) is 5.32 Å². The molecule has 2 aromatic carbocycles. The molecule has 0 heterocycles. The third-order valence-corrected chi connectivity index (χ3v) is 5.12. The number of carbonyl (C=O) groups is 1. The van der Waals surface area contributed by atoms with Crippen molar-refractivity contribution < 1.29 is 13.2 Å². The van der Waals surface area contributed by atoms with E-state index >= 15 is 0 Å². The van der Waals surface area contributed by atoms with Crippen LogP contribution in [0.5, 0.6) is 0 Å². The van der Waals surface area contributed by atoms with Crippen LogP contribution >= 0.6 is 23.2 Å². The summed E-state index contributed by atoms with van der Waals surface area (Å²) in [4.78, 5) is 11.5. The average Bonchev–Trinajstić information content (AvgIpc) is 2.57. The predicted molar refractivity (Wildman–Crippen MR) is 101 cm³/mol. The van der Waals surface area contributed by atoms with E-state index in [-0.39, 0.29) is 21.0 Å². The monoisotopic (exact) mass is 399 g/mol. The molecular weight excluding hydrogens is 385 g/mol. The lowest BCUT2D eigenvalue weighted by Gasteiger charge is -2.10. The Kier molecular flexibility index (Phi) is 6.30. The van der Waals surface area contributed by atoms with Gasteiger partial charge >= 0.3 is 6.03 Å².